The lowest BCUT2D eigenvalue weighted by atomic mass is 10.3. The summed E-state index contributed by atoms with van der Waals surface area (Å²) in [6.45, 7) is -0.887. The summed E-state index contributed by atoms with van der Waals surface area (Å²) in [6.07, 6.45) is -4.90. The van der Waals surface area contributed by atoms with Crippen LogP contribution in [-0.2, 0) is 29.1 Å². The Morgan fingerprint density at radius 2 is 1.78 bits per heavy atom. The summed E-state index contributed by atoms with van der Waals surface area (Å²) < 4.78 is 74.9. The van der Waals surface area contributed by atoms with Crippen molar-refractivity contribution in [1.82, 2.24) is 10.0 Å². The van der Waals surface area contributed by atoms with E-state index in [1.165, 1.54) is 7.11 Å². The highest BCUT2D eigenvalue weighted by Crippen LogP contribution is 2.23. The summed E-state index contributed by atoms with van der Waals surface area (Å²) in [7, 11) is -2.74. The van der Waals surface area contributed by atoms with Gasteiger partial charge in [0.25, 0.3) is 5.91 Å². The largest absolute Gasteiger partial charge is 0.573 e. The van der Waals surface area contributed by atoms with Crippen LogP contribution in [0.2, 0.25) is 0 Å². The van der Waals surface area contributed by atoms with E-state index in [4.69, 9.17) is 4.74 Å². The molecule has 1 aromatic rings. The molecule has 152 valence electrons. The predicted molar refractivity (Wildman–Crippen MR) is 84.2 cm³/mol. The maximum absolute atomic E-state index is 12.1. The second-order valence-corrected chi connectivity index (χ2v) is 6.61. The van der Waals surface area contributed by atoms with Crippen LogP contribution in [0.4, 0.5) is 13.2 Å². The van der Waals surface area contributed by atoms with Crippen molar-refractivity contribution in [1.29, 1.82) is 0 Å². The van der Waals surface area contributed by atoms with Gasteiger partial charge < -0.3 is 19.5 Å². The molecule has 2 N–H and O–H groups in total. The molecule has 0 spiro atoms. The third kappa shape index (κ3) is 9.21. The molecule has 9 nitrogen and oxygen atoms in total. The van der Waals surface area contributed by atoms with Crippen LogP contribution < -0.4 is 14.8 Å². The van der Waals surface area contributed by atoms with E-state index in [-0.39, 0.29) is 18.0 Å². The number of carbonyl (C=O) groups is 2. The molecule has 0 saturated heterocycles. The zero-order valence-electron chi connectivity index (χ0n) is 14.0. The fourth-order valence-electron chi connectivity index (χ4n) is 1.60. The summed E-state index contributed by atoms with van der Waals surface area (Å²) in [5, 5.41) is 2.39. The fraction of sp³-hybridized carbons (Fsp3) is 0.429. The Bertz CT molecular complexity index is 736. The normalized spacial score (nSPS) is 11.7. The van der Waals surface area contributed by atoms with Gasteiger partial charge in [-0.2, -0.15) is 4.72 Å². The quantitative estimate of drug-likeness (QED) is 0.414. The Hall–Kier alpha value is -2.38. The SMILES string of the molecule is COCCNC(=O)COC(=O)CNS(=O)(=O)c1ccc(OC(F)(F)F)cc1. The Kier molecular flexibility index (Phi) is 8.46. The summed E-state index contributed by atoms with van der Waals surface area (Å²) >= 11 is 0. The van der Waals surface area contributed by atoms with Gasteiger partial charge in [-0.15, -0.1) is 13.2 Å². The number of sulfonamides is 1. The minimum Gasteiger partial charge on any atom is -0.455 e. The topological polar surface area (TPSA) is 120 Å². The first-order chi connectivity index (χ1) is 12.5. The van der Waals surface area contributed by atoms with E-state index in [2.05, 4.69) is 14.8 Å². The molecule has 0 aliphatic carbocycles. The van der Waals surface area contributed by atoms with Crippen LogP contribution in [0, 0.1) is 0 Å². The highest BCUT2D eigenvalue weighted by molar-refractivity contribution is 7.89. The van der Waals surface area contributed by atoms with Gasteiger partial charge in [0, 0.05) is 13.7 Å². The summed E-state index contributed by atoms with van der Waals surface area (Å²) in [5.74, 6) is -2.21. The number of methoxy groups -OCH3 is 1. The van der Waals surface area contributed by atoms with Gasteiger partial charge >= 0.3 is 12.3 Å². The summed E-state index contributed by atoms with van der Waals surface area (Å²) in [6, 6.07) is 3.37. The number of amides is 1. The van der Waals surface area contributed by atoms with E-state index in [9.17, 15) is 31.2 Å². The predicted octanol–water partition coefficient (Wildman–Crippen LogP) is 0.169. The minimum absolute atomic E-state index is 0.216. The maximum Gasteiger partial charge on any atom is 0.573 e. The maximum atomic E-state index is 12.1. The van der Waals surface area contributed by atoms with E-state index in [1.807, 2.05) is 4.72 Å². The molecule has 0 atom stereocenters. The number of ether oxygens (including phenoxy) is 3. The number of halogens is 3. The number of esters is 1. The van der Waals surface area contributed by atoms with E-state index in [1.54, 1.807) is 0 Å². The molecule has 27 heavy (non-hydrogen) atoms. The summed E-state index contributed by atoms with van der Waals surface area (Å²) in [5.41, 5.74) is 0. The highest BCUT2D eigenvalue weighted by atomic mass is 32.2. The number of carbonyl (C=O) groups excluding carboxylic acids is 2. The van der Waals surface area contributed by atoms with Crippen LogP contribution in [0.15, 0.2) is 29.2 Å². The zero-order chi connectivity index (χ0) is 20.5. The molecular formula is C14H17F3N2O7S. The van der Waals surface area contributed by atoms with Crippen LogP contribution in [0.1, 0.15) is 0 Å². The Morgan fingerprint density at radius 3 is 2.33 bits per heavy atom. The van der Waals surface area contributed by atoms with Gasteiger partial charge in [-0.25, -0.2) is 8.42 Å². The van der Waals surface area contributed by atoms with Crippen molar-refractivity contribution in [3.63, 3.8) is 0 Å². The van der Waals surface area contributed by atoms with Gasteiger partial charge in [-0.05, 0) is 24.3 Å². The van der Waals surface area contributed by atoms with E-state index >= 15 is 0 Å². The molecule has 0 saturated carbocycles. The minimum atomic E-state index is -4.90. The fourth-order valence-corrected chi connectivity index (χ4v) is 2.57. The van der Waals surface area contributed by atoms with E-state index in [0.717, 1.165) is 24.3 Å². The third-order valence-electron chi connectivity index (χ3n) is 2.77. The first-order valence-corrected chi connectivity index (χ1v) is 8.78. The molecule has 0 fully saturated rings. The lowest BCUT2D eigenvalue weighted by Crippen LogP contribution is -2.34. The van der Waals surface area contributed by atoms with Crippen molar-refractivity contribution >= 4 is 21.9 Å². The lowest BCUT2D eigenvalue weighted by Gasteiger charge is -2.10. The van der Waals surface area contributed by atoms with Gasteiger partial charge in [0.15, 0.2) is 6.61 Å². The van der Waals surface area contributed by atoms with Crippen molar-refractivity contribution < 1.29 is 45.4 Å². The van der Waals surface area contributed by atoms with Crippen molar-refractivity contribution in [2.24, 2.45) is 0 Å². The Labute approximate surface area is 152 Å². The van der Waals surface area contributed by atoms with Gasteiger partial charge in [-0.1, -0.05) is 0 Å². The number of nitrogens with one attached hydrogen (secondary N) is 2. The smallest absolute Gasteiger partial charge is 0.455 e. The van der Waals surface area contributed by atoms with Crippen LogP contribution in [0.25, 0.3) is 0 Å². The van der Waals surface area contributed by atoms with E-state index < -0.39 is 47.2 Å². The number of hydrogen-bond donors (Lipinski definition) is 2. The van der Waals surface area contributed by atoms with Crippen LogP contribution in [0.5, 0.6) is 5.75 Å². The second kappa shape index (κ2) is 10.1. The molecule has 0 heterocycles. The van der Waals surface area contributed by atoms with Crippen molar-refractivity contribution in [3.8, 4) is 5.75 Å². The standard InChI is InChI=1S/C14H17F3N2O7S/c1-24-7-6-18-12(20)9-25-13(21)8-19-27(22,23)11-4-2-10(3-5-11)26-14(15,16)17/h2-5,19H,6-9H2,1H3,(H,18,20). The molecule has 0 bridgehead atoms. The molecule has 0 aliphatic heterocycles. The molecule has 0 unspecified atom stereocenters. The second-order valence-electron chi connectivity index (χ2n) is 4.85. The average Bonchev–Trinajstić information content (AvgIpc) is 2.57. The van der Waals surface area contributed by atoms with Gasteiger partial charge in [-0.3, -0.25) is 9.59 Å². The van der Waals surface area contributed by atoms with Gasteiger partial charge in [0.2, 0.25) is 10.0 Å². The van der Waals surface area contributed by atoms with Gasteiger partial charge in [0.1, 0.15) is 12.3 Å². The van der Waals surface area contributed by atoms with Crippen molar-refractivity contribution in [3.05, 3.63) is 24.3 Å². The van der Waals surface area contributed by atoms with Gasteiger partial charge in [0.05, 0.1) is 11.5 Å². The number of rotatable bonds is 10. The zero-order valence-corrected chi connectivity index (χ0v) is 14.9. The highest BCUT2D eigenvalue weighted by Gasteiger charge is 2.31. The molecular weight excluding hydrogens is 397 g/mol. The third-order valence-corrected chi connectivity index (χ3v) is 4.18. The van der Waals surface area contributed by atoms with Crippen LogP contribution in [0.3, 0.4) is 0 Å². The van der Waals surface area contributed by atoms with Crippen molar-refractivity contribution in [2.75, 3.05) is 33.4 Å². The molecule has 0 aliphatic rings. The molecule has 0 radical (unpaired) electrons. The molecule has 1 aromatic carbocycles. The number of hydrogen-bond acceptors (Lipinski definition) is 7. The van der Waals surface area contributed by atoms with Crippen molar-refractivity contribution in [2.45, 2.75) is 11.3 Å². The first-order valence-electron chi connectivity index (χ1n) is 7.30. The Balaban J connectivity index is 2.48. The molecule has 1 rings (SSSR count). The monoisotopic (exact) mass is 414 g/mol. The lowest BCUT2D eigenvalue weighted by molar-refractivity contribution is -0.274. The molecule has 0 aromatic heterocycles. The first kappa shape index (κ1) is 22.7. The Morgan fingerprint density at radius 1 is 1.15 bits per heavy atom. The summed E-state index contributed by atoms with van der Waals surface area (Å²) in [4.78, 5) is 22.4. The van der Waals surface area contributed by atoms with Crippen LogP contribution in [-0.4, -0.2) is 60.1 Å². The molecule has 13 heteroatoms. The van der Waals surface area contributed by atoms with Crippen LogP contribution >= 0.6 is 0 Å². The number of benzene rings is 1. The number of alkyl halides is 3. The molecule has 1 amide bonds. The average molecular weight is 414 g/mol. The van der Waals surface area contributed by atoms with E-state index in [0.29, 0.717) is 0 Å².